The summed E-state index contributed by atoms with van der Waals surface area (Å²) in [5, 5.41) is 1.36. The summed E-state index contributed by atoms with van der Waals surface area (Å²) in [6.45, 7) is 1.80. The fourth-order valence-electron chi connectivity index (χ4n) is 1.50. The molecule has 1 aromatic carbocycles. The van der Waals surface area contributed by atoms with Crippen molar-refractivity contribution in [1.29, 1.82) is 0 Å². The zero-order valence-electron chi connectivity index (χ0n) is 9.73. The molecule has 1 aromatic heterocycles. The second-order valence-electron chi connectivity index (χ2n) is 3.49. The van der Waals surface area contributed by atoms with Crippen molar-refractivity contribution < 1.29 is 0 Å². The first-order chi connectivity index (χ1) is 8.24. The van der Waals surface area contributed by atoms with Crippen LogP contribution in [0.2, 0.25) is 0 Å². The van der Waals surface area contributed by atoms with E-state index in [2.05, 4.69) is 16.8 Å². The van der Waals surface area contributed by atoms with Crippen molar-refractivity contribution >= 4 is 22.7 Å². The summed E-state index contributed by atoms with van der Waals surface area (Å²) in [6, 6.07) is 7.38. The number of thioether (sulfide) groups is 1. The van der Waals surface area contributed by atoms with Gasteiger partial charge in [-0.3, -0.25) is 9.36 Å². The molecule has 0 radical (unpaired) electrons. The fourth-order valence-corrected chi connectivity index (χ4v) is 2.28. The highest BCUT2D eigenvalue weighted by molar-refractivity contribution is 7.99. The SMILES string of the molecule is CC#CCSc1nc2ccccc2c(=O)n1C. The minimum absolute atomic E-state index is 0.0115. The van der Waals surface area contributed by atoms with E-state index in [1.165, 1.54) is 11.8 Å². The second kappa shape index (κ2) is 5.07. The lowest BCUT2D eigenvalue weighted by Gasteiger charge is -2.06. The highest BCUT2D eigenvalue weighted by Gasteiger charge is 2.07. The molecule has 0 spiro atoms. The molecule has 86 valence electrons. The molecular formula is C13H12N2OS. The predicted octanol–water partition coefficient (Wildman–Crippen LogP) is 2.05. The van der Waals surface area contributed by atoms with Crippen LogP contribution in [0.1, 0.15) is 6.92 Å². The quantitative estimate of drug-likeness (QED) is 0.461. The molecule has 0 N–H and O–H groups in total. The van der Waals surface area contributed by atoms with Gasteiger partial charge in [-0.2, -0.15) is 0 Å². The van der Waals surface area contributed by atoms with Crippen LogP contribution in [0, 0.1) is 11.8 Å². The van der Waals surface area contributed by atoms with Crippen LogP contribution in [-0.4, -0.2) is 15.3 Å². The van der Waals surface area contributed by atoms with Crippen LogP contribution in [-0.2, 0) is 7.05 Å². The molecule has 0 aliphatic heterocycles. The van der Waals surface area contributed by atoms with Gasteiger partial charge in [0.15, 0.2) is 5.16 Å². The summed E-state index contributed by atoms with van der Waals surface area (Å²) in [5.41, 5.74) is 0.727. The monoisotopic (exact) mass is 244 g/mol. The number of nitrogens with zero attached hydrogens (tertiary/aromatic N) is 2. The number of fused-ring (bicyclic) bond motifs is 1. The van der Waals surface area contributed by atoms with Crippen LogP contribution >= 0.6 is 11.8 Å². The van der Waals surface area contributed by atoms with Gasteiger partial charge in [0.25, 0.3) is 5.56 Å². The molecule has 17 heavy (non-hydrogen) atoms. The number of rotatable bonds is 2. The molecule has 0 aliphatic carbocycles. The Kier molecular flexibility index (Phi) is 3.50. The number of benzene rings is 1. The van der Waals surface area contributed by atoms with E-state index >= 15 is 0 Å². The van der Waals surface area contributed by atoms with Gasteiger partial charge in [0.05, 0.1) is 16.7 Å². The first kappa shape index (κ1) is 11.7. The van der Waals surface area contributed by atoms with Gasteiger partial charge in [-0.05, 0) is 19.1 Å². The maximum absolute atomic E-state index is 12.1. The summed E-state index contributed by atoms with van der Waals surface area (Å²) >= 11 is 1.48. The highest BCUT2D eigenvalue weighted by Crippen LogP contribution is 2.15. The van der Waals surface area contributed by atoms with Gasteiger partial charge in [-0.15, -0.1) is 5.92 Å². The van der Waals surface area contributed by atoms with E-state index in [0.29, 0.717) is 16.3 Å². The van der Waals surface area contributed by atoms with Gasteiger partial charge in [0.2, 0.25) is 0 Å². The first-order valence-corrected chi connectivity index (χ1v) is 6.21. The molecule has 0 saturated carbocycles. The van der Waals surface area contributed by atoms with Crippen LogP contribution in [0.3, 0.4) is 0 Å². The van der Waals surface area contributed by atoms with E-state index in [1.807, 2.05) is 18.2 Å². The Labute approximate surface area is 104 Å². The molecule has 0 fully saturated rings. The molecule has 2 aromatic rings. The Bertz CT molecular complexity index is 664. The zero-order valence-corrected chi connectivity index (χ0v) is 10.5. The lowest BCUT2D eigenvalue weighted by Crippen LogP contribution is -2.19. The van der Waals surface area contributed by atoms with Crippen molar-refractivity contribution in [3.8, 4) is 11.8 Å². The van der Waals surface area contributed by atoms with E-state index in [4.69, 9.17) is 0 Å². The van der Waals surface area contributed by atoms with E-state index in [0.717, 1.165) is 5.52 Å². The van der Waals surface area contributed by atoms with Gasteiger partial charge < -0.3 is 0 Å². The molecule has 4 heteroatoms. The maximum Gasteiger partial charge on any atom is 0.261 e. The Morgan fingerprint density at radius 2 is 2.18 bits per heavy atom. The summed E-state index contributed by atoms with van der Waals surface area (Å²) in [4.78, 5) is 16.5. The lowest BCUT2D eigenvalue weighted by atomic mass is 10.2. The minimum atomic E-state index is -0.0115. The number of aromatic nitrogens is 2. The molecule has 0 bridgehead atoms. The van der Waals surface area contributed by atoms with Gasteiger partial charge in [0.1, 0.15) is 0 Å². The van der Waals surface area contributed by atoms with Crippen LogP contribution in [0.25, 0.3) is 10.9 Å². The van der Waals surface area contributed by atoms with Gasteiger partial charge in [-0.25, -0.2) is 4.98 Å². The molecule has 0 atom stereocenters. The molecule has 0 saturated heterocycles. The first-order valence-electron chi connectivity index (χ1n) is 5.22. The normalized spacial score (nSPS) is 10.0. The average Bonchev–Trinajstić information content (AvgIpc) is 2.35. The number of hydrogen-bond acceptors (Lipinski definition) is 3. The van der Waals surface area contributed by atoms with Crippen LogP contribution in [0.4, 0.5) is 0 Å². The highest BCUT2D eigenvalue weighted by atomic mass is 32.2. The third-order valence-corrected chi connectivity index (χ3v) is 3.30. The van der Waals surface area contributed by atoms with Crippen molar-refractivity contribution in [2.45, 2.75) is 12.1 Å². The van der Waals surface area contributed by atoms with E-state index in [-0.39, 0.29) is 5.56 Å². The van der Waals surface area contributed by atoms with Crippen molar-refractivity contribution in [2.24, 2.45) is 7.05 Å². The summed E-state index contributed by atoms with van der Waals surface area (Å²) < 4.78 is 1.57. The van der Waals surface area contributed by atoms with Gasteiger partial charge in [-0.1, -0.05) is 29.8 Å². The topological polar surface area (TPSA) is 34.9 Å². The van der Waals surface area contributed by atoms with E-state index in [9.17, 15) is 4.79 Å². The van der Waals surface area contributed by atoms with Gasteiger partial charge >= 0.3 is 0 Å². The predicted molar refractivity (Wildman–Crippen MR) is 71.2 cm³/mol. The fraction of sp³-hybridized carbons (Fsp3) is 0.231. The largest absolute Gasteiger partial charge is 0.290 e. The molecule has 0 aliphatic rings. The third-order valence-electron chi connectivity index (χ3n) is 2.39. The Balaban J connectivity index is 2.52. The maximum atomic E-state index is 12.1. The third kappa shape index (κ3) is 2.34. The van der Waals surface area contributed by atoms with Crippen LogP contribution in [0.5, 0.6) is 0 Å². The summed E-state index contributed by atoms with van der Waals surface area (Å²) in [7, 11) is 1.74. The summed E-state index contributed by atoms with van der Waals surface area (Å²) in [5.74, 6) is 6.42. The number of hydrogen-bond donors (Lipinski definition) is 0. The Morgan fingerprint density at radius 3 is 2.94 bits per heavy atom. The van der Waals surface area contributed by atoms with Crippen molar-refractivity contribution in [2.75, 3.05) is 5.75 Å². The average molecular weight is 244 g/mol. The minimum Gasteiger partial charge on any atom is -0.290 e. The molecule has 1 heterocycles. The van der Waals surface area contributed by atoms with Crippen molar-refractivity contribution in [3.05, 3.63) is 34.6 Å². The molecule has 3 nitrogen and oxygen atoms in total. The number of para-hydroxylation sites is 1. The van der Waals surface area contributed by atoms with Crippen molar-refractivity contribution in [3.63, 3.8) is 0 Å². The van der Waals surface area contributed by atoms with E-state index < -0.39 is 0 Å². The van der Waals surface area contributed by atoms with E-state index in [1.54, 1.807) is 24.6 Å². The molecule has 0 amide bonds. The smallest absolute Gasteiger partial charge is 0.261 e. The molecule has 2 rings (SSSR count). The Hall–Kier alpha value is -1.73. The van der Waals surface area contributed by atoms with Crippen molar-refractivity contribution in [1.82, 2.24) is 9.55 Å². The van der Waals surface area contributed by atoms with Crippen LogP contribution in [0.15, 0.2) is 34.2 Å². The van der Waals surface area contributed by atoms with Crippen LogP contribution < -0.4 is 5.56 Å². The second-order valence-corrected chi connectivity index (χ2v) is 4.43. The summed E-state index contributed by atoms with van der Waals surface area (Å²) in [6.07, 6.45) is 0. The zero-order chi connectivity index (χ0) is 12.3. The molecular weight excluding hydrogens is 232 g/mol. The lowest BCUT2D eigenvalue weighted by molar-refractivity contribution is 0.727. The Morgan fingerprint density at radius 1 is 1.41 bits per heavy atom. The van der Waals surface area contributed by atoms with Gasteiger partial charge in [0, 0.05) is 7.05 Å². The molecule has 0 unspecified atom stereocenters. The standard InChI is InChI=1S/C13H12N2OS/c1-3-4-9-17-13-14-11-8-6-5-7-10(11)12(16)15(13)2/h5-8H,9H2,1-2H3.